The van der Waals surface area contributed by atoms with Gasteiger partial charge >= 0.3 is 0 Å². The monoisotopic (exact) mass is 345 g/mol. The summed E-state index contributed by atoms with van der Waals surface area (Å²) in [6.45, 7) is 0. The molecule has 23 heavy (non-hydrogen) atoms. The molecule has 2 heterocycles. The number of hydrogen-bond acceptors (Lipinski definition) is 8. The summed E-state index contributed by atoms with van der Waals surface area (Å²) in [4.78, 5) is 33.4. The van der Waals surface area contributed by atoms with Crippen molar-refractivity contribution in [2.45, 2.75) is 18.6 Å². The third-order valence-corrected chi connectivity index (χ3v) is 3.68. The van der Waals surface area contributed by atoms with Crippen LogP contribution in [0.4, 0.5) is 5.82 Å². The molecule has 128 valence electrons. The minimum absolute atomic E-state index is 0. The Labute approximate surface area is 131 Å². The van der Waals surface area contributed by atoms with Crippen molar-refractivity contribution in [1.82, 2.24) is 31.8 Å². The van der Waals surface area contributed by atoms with Crippen LogP contribution in [0.1, 0.15) is 12.5 Å². The minimum atomic E-state index is -4.66. The van der Waals surface area contributed by atoms with Gasteiger partial charge in [0.25, 0.3) is 0 Å². The minimum Gasteiger partial charge on any atom is -0.809 e. The molecule has 2 atom stereocenters. The summed E-state index contributed by atoms with van der Waals surface area (Å²) in [6, 6.07) is -0.0908. The molecule has 12 heteroatoms. The average Bonchev–Trinajstić information content (AvgIpc) is 3.02. The van der Waals surface area contributed by atoms with Gasteiger partial charge in [0, 0.05) is 6.42 Å². The second kappa shape index (κ2) is 7.13. The highest BCUT2D eigenvalue weighted by Crippen LogP contribution is 2.31. The molecule has 0 saturated carbocycles. The molecule has 0 aromatic carbocycles. The van der Waals surface area contributed by atoms with E-state index in [0.717, 1.165) is 0 Å². The predicted molar refractivity (Wildman–Crippen MR) is 81.8 cm³/mol. The highest BCUT2D eigenvalue weighted by molar-refractivity contribution is 7.48. The van der Waals surface area contributed by atoms with Gasteiger partial charge in [0.05, 0.1) is 24.8 Å². The summed E-state index contributed by atoms with van der Waals surface area (Å²) in [5.41, 5.74) is 6.83. The fraction of sp³-hybridized carbons (Fsp3) is 0.364. The number of hydrogen-bond donors (Lipinski definition) is 3. The van der Waals surface area contributed by atoms with Gasteiger partial charge in [-0.3, -0.25) is 0 Å². The highest BCUT2D eigenvalue weighted by atomic mass is 31.2. The maximum Gasteiger partial charge on any atom is 0.165 e. The molecule has 2 aromatic rings. The van der Waals surface area contributed by atoms with E-state index in [1.54, 1.807) is 17.0 Å². The molecule has 0 unspecified atom stereocenters. The topological polar surface area (TPSA) is 215 Å². The fourth-order valence-corrected chi connectivity index (χ4v) is 2.65. The van der Waals surface area contributed by atoms with Crippen LogP contribution in [0.5, 0.6) is 0 Å². The molecule has 2 aromatic heterocycles. The van der Waals surface area contributed by atoms with Crippen molar-refractivity contribution in [2.75, 3.05) is 12.1 Å². The Morgan fingerprint density at radius 3 is 2.74 bits per heavy atom. The third kappa shape index (κ3) is 4.10. The Balaban J connectivity index is 0.00000132. The first kappa shape index (κ1) is 19.2. The van der Waals surface area contributed by atoms with Crippen LogP contribution in [0.25, 0.3) is 11.2 Å². The van der Waals surface area contributed by atoms with Crippen molar-refractivity contribution in [2.24, 2.45) is 0 Å². The summed E-state index contributed by atoms with van der Waals surface area (Å²) in [5.74, 6) is 0.298. The molecule has 10 N–H and O–H groups in total. The van der Waals surface area contributed by atoms with Gasteiger partial charge in [0.15, 0.2) is 11.5 Å². The van der Waals surface area contributed by atoms with Crippen molar-refractivity contribution in [3.63, 3.8) is 0 Å². The number of ether oxygens (including phenoxy) is 1. The summed E-state index contributed by atoms with van der Waals surface area (Å²) in [5, 5.41) is 0. The van der Waals surface area contributed by atoms with Crippen molar-refractivity contribution in [3.05, 3.63) is 24.8 Å². The number of imidazole rings is 1. The van der Waals surface area contributed by atoms with Crippen molar-refractivity contribution in [1.29, 1.82) is 0 Å². The smallest absolute Gasteiger partial charge is 0.165 e. The number of allylic oxidation sites excluding steroid dienone is 1. The number of quaternary nitrogens is 2. The van der Waals surface area contributed by atoms with E-state index in [-0.39, 0.29) is 18.3 Å². The lowest BCUT2D eigenvalue weighted by Crippen LogP contribution is -2.21. The molecule has 0 radical (unpaired) electrons. The SMILES string of the molecule is Nc1ncnc2c1ncn2[C@H]1C=C[C@@H](OCP(=O)([O-])[O-])C1.[NH4+].[NH4+]. The second-order valence-corrected chi connectivity index (χ2v) is 6.20. The fourth-order valence-electron chi connectivity index (χ4n) is 2.28. The van der Waals surface area contributed by atoms with Gasteiger partial charge in [-0.25, -0.2) is 15.0 Å². The molecule has 0 fully saturated rings. The highest BCUT2D eigenvalue weighted by Gasteiger charge is 2.23. The number of nitrogens with zero attached hydrogens (tertiary/aromatic N) is 4. The number of fused-ring (bicyclic) bond motifs is 1. The summed E-state index contributed by atoms with van der Waals surface area (Å²) >= 11 is 0. The van der Waals surface area contributed by atoms with E-state index in [4.69, 9.17) is 10.5 Å². The van der Waals surface area contributed by atoms with Crippen molar-refractivity contribution >= 4 is 24.6 Å². The zero-order valence-electron chi connectivity index (χ0n) is 12.8. The van der Waals surface area contributed by atoms with Crippen LogP contribution >= 0.6 is 7.60 Å². The van der Waals surface area contributed by atoms with E-state index < -0.39 is 20.0 Å². The van der Waals surface area contributed by atoms with Crippen molar-refractivity contribution in [3.8, 4) is 0 Å². The first-order chi connectivity index (χ1) is 9.94. The molecule has 0 spiro atoms. The number of nitrogens with two attached hydrogens (primary N) is 1. The molecule has 0 aliphatic heterocycles. The number of nitrogen functional groups attached to an aromatic ring is 1. The Hall–Kier alpha value is -1.88. The molecule has 0 saturated heterocycles. The quantitative estimate of drug-likeness (QED) is 0.501. The van der Waals surface area contributed by atoms with Crippen molar-refractivity contribution < 1.29 is 19.1 Å². The number of aromatic nitrogens is 4. The average molecular weight is 345 g/mol. The lowest BCUT2D eigenvalue weighted by Gasteiger charge is -2.30. The van der Waals surface area contributed by atoms with Crippen LogP contribution < -0.4 is 27.8 Å². The van der Waals surface area contributed by atoms with Gasteiger partial charge in [0.1, 0.15) is 11.8 Å². The summed E-state index contributed by atoms with van der Waals surface area (Å²) in [7, 11) is -4.66. The van der Waals surface area contributed by atoms with E-state index in [2.05, 4.69) is 15.0 Å². The largest absolute Gasteiger partial charge is 0.809 e. The molecule has 1 aliphatic carbocycles. The summed E-state index contributed by atoms with van der Waals surface area (Å²) < 4.78 is 17.5. The standard InChI is InChI=1S/C11H14N5O4P.2H3N/c12-10-9-11(14-4-13-10)16(5-15-9)7-1-2-8(3-7)20-6-21(17,18)19;;/h1-2,4-5,7-8H,3,6H2,(H2,12,13,14)(H2,17,18,19);2*1H3/t7-,8+;;/m0../s1. The molecule has 0 amide bonds. The molecule has 0 bridgehead atoms. The van der Waals surface area contributed by atoms with E-state index >= 15 is 0 Å². The molecular formula is C11H20N7O4P. The van der Waals surface area contributed by atoms with Crippen LogP contribution in [0.3, 0.4) is 0 Å². The van der Waals surface area contributed by atoms with Crippen LogP contribution in [0.15, 0.2) is 24.8 Å². The summed E-state index contributed by atoms with van der Waals surface area (Å²) in [6.07, 6.45) is 5.78. The first-order valence-electron chi connectivity index (χ1n) is 6.18. The zero-order chi connectivity index (χ0) is 15.0. The lowest BCUT2D eigenvalue weighted by molar-refractivity contribution is -0.318. The van der Waals surface area contributed by atoms with Gasteiger partial charge in [-0.15, -0.1) is 0 Å². The van der Waals surface area contributed by atoms with Gasteiger partial charge in [-0.1, -0.05) is 12.2 Å². The van der Waals surface area contributed by atoms with E-state index in [1.165, 1.54) is 6.33 Å². The van der Waals surface area contributed by atoms with Gasteiger partial charge in [0.2, 0.25) is 0 Å². The Kier molecular flexibility index (Phi) is 5.94. The maximum atomic E-state index is 10.6. The normalized spacial score (nSPS) is 20.3. The van der Waals surface area contributed by atoms with Gasteiger partial charge < -0.3 is 41.7 Å². The second-order valence-electron chi connectivity index (χ2n) is 4.72. The Morgan fingerprint density at radius 1 is 1.30 bits per heavy atom. The molecule has 11 nitrogen and oxygen atoms in total. The van der Waals surface area contributed by atoms with Crippen LogP contribution in [0.2, 0.25) is 0 Å². The van der Waals surface area contributed by atoms with Gasteiger partial charge in [-0.05, 0) is 7.60 Å². The van der Waals surface area contributed by atoms with Crippen LogP contribution in [-0.2, 0) is 9.30 Å². The van der Waals surface area contributed by atoms with E-state index in [1.807, 2.05) is 6.08 Å². The Morgan fingerprint density at radius 2 is 2.04 bits per heavy atom. The predicted octanol–water partition coefficient (Wildman–Crippen LogP) is -0.0817. The Bertz CT molecular complexity index is 743. The van der Waals surface area contributed by atoms with Crippen LogP contribution in [0, 0.1) is 0 Å². The number of anilines is 1. The molecule has 3 rings (SSSR count). The zero-order valence-corrected chi connectivity index (χ0v) is 13.7. The van der Waals surface area contributed by atoms with E-state index in [0.29, 0.717) is 23.4 Å². The van der Waals surface area contributed by atoms with E-state index in [9.17, 15) is 14.4 Å². The third-order valence-electron chi connectivity index (χ3n) is 3.21. The maximum absolute atomic E-state index is 10.6. The lowest BCUT2D eigenvalue weighted by atomic mass is 10.2. The molecular weight excluding hydrogens is 325 g/mol. The molecule has 1 aliphatic rings. The number of rotatable bonds is 4. The first-order valence-corrected chi connectivity index (χ1v) is 7.91. The van der Waals surface area contributed by atoms with Gasteiger partial charge in [-0.2, -0.15) is 0 Å². The van der Waals surface area contributed by atoms with Crippen LogP contribution in [-0.4, -0.2) is 32.0 Å².